The molecular weight excluding hydrogens is 364 g/mol. The molecule has 0 saturated carbocycles. The zero-order valence-corrected chi connectivity index (χ0v) is 16.6. The number of ether oxygens (including phenoxy) is 1. The highest BCUT2D eigenvalue weighted by atomic mass is 32.2. The minimum Gasteiger partial charge on any atom is -0.497 e. The van der Waals surface area contributed by atoms with E-state index in [0.29, 0.717) is 24.4 Å². The van der Waals surface area contributed by atoms with E-state index in [9.17, 15) is 13.2 Å². The Balaban J connectivity index is 1.70. The lowest BCUT2D eigenvalue weighted by molar-refractivity contribution is 0.0697. The zero-order valence-electron chi connectivity index (χ0n) is 15.8. The maximum absolute atomic E-state index is 12.8. The number of carbonyl (C=O) groups is 1. The first-order chi connectivity index (χ1) is 12.8. The summed E-state index contributed by atoms with van der Waals surface area (Å²) in [6, 6.07) is 12.0. The van der Waals surface area contributed by atoms with Gasteiger partial charge in [0, 0.05) is 31.7 Å². The van der Waals surface area contributed by atoms with Crippen LogP contribution in [0, 0.1) is 13.8 Å². The monoisotopic (exact) mass is 388 g/mol. The van der Waals surface area contributed by atoms with Crippen molar-refractivity contribution in [2.75, 3.05) is 33.3 Å². The van der Waals surface area contributed by atoms with E-state index in [-0.39, 0.29) is 23.9 Å². The standard InChI is InChI=1S/C20H24N2O4S/c1-15-5-4-6-19(16(15)2)20(23)21-11-13-22(14-12-21)27(24,25)18-9-7-17(26-3)8-10-18/h4-10H,11-14H2,1-3H3. The van der Waals surface area contributed by atoms with Crippen molar-refractivity contribution in [3.8, 4) is 5.75 Å². The van der Waals surface area contributed by atoms with E-state index in [0.717, 1.165) is 11.1 Å². The van der Waals surface area contributed by atoms with Crippen molar-refractivity contribution in [3.05, 3.63) is 59.2 Å². The van der Waals surface area contributed by atoms with Crippen LogP contribution < -0.4 is 4.74 Å². The van der Waals surface area contributed by atoms with Crippen molar-refractivity contribution in [2.24, 2.45) is 0 Å². The number of rotatable bonds is 4. The lowest BCUT2D eigenvalue weighted by Crippen LogP contribution is -2.50. The van der Waals surface area contributed by atoms with Gasteiger partial charge in [-0.05, 0) is 55.3 Å². The third kappa shape index (κ3) is 3.84. The fourth-order valence-electron chi connectivity index (χ4n) is 3.18. The number of aryl methyl sites for hydroxylation is 1. The van der Waals surface area contributed by atoms with Crippen LogP contribution >= 0.6 is 0 Å². The number of piperazine rings is 1. The summed E-state index contributed by atoms with van der Waals surface area (Å²) in [5, 5.41) is 0. The zero-order chi connectivity index (χ0) is 19.6. The highest BCUT2D eigenvalue weighted by Gasteiger charge is 2.30. The number of hydrogen-bond donors (Lipinski definition) is 0. The molecule has 3 rings (SSSR count). The Bertz CT molecular complexity index is 931. The first-order valence-corrected chi connectivity index (χ1v) is 10.3. The van der Waals surface area contributed by atoms with Crippen LogP contribution in [0.4, 0.5) is 0 Å². The van der Waals surface area contributed by atoms with Crippen LogP contribution in [0.1, 0.15) is 21.5 Å². The van der Waals surface area contributed by atoms with Gasteiger partial charge in [-0.2, -0.15) is 4.31 Å². The number of carbonyl (C=O) groups excluding carboxylic acids is 1. The fourth-order valence-corrected chi connectivity index (χ4v) is 4.60. The number of methoxy groups -OCH3 is 1. The van der Waals surface area contributed by atoms with E-state index in [1.54, 1.807) is 29.2 Å². The van der Waals surface area contributed by atoms with Gasteiger partial charge in [0.05, 0.1) is 12.0 Å². The van der Waals surface area contributed by atoms with Gasteiger partial charge in [-0.3, -0.25) is 4.79 Å². The molecule has 2 aromatic carbocycles. The molecule has 0 radical (unpaired) electrons. The highest BCUT2D eigenvalue weighted by Crippen LogP contribution is 2.22. The van der Waals surface area contributed by atoms with Crippen molar-refractivity contribution in [2.45, 2.75) is 18.7 Å². The highest BCUT2D eigenvalue weighted by molar-refractivity contribution is 7.89. The summed E-state index contributed by atoms with van der Waals surface area (Å²) in [4.78, 5) is 14.8. The third-order valence-electron chi connectivity index (χ3n) is 5.06. The third-order valence-corrected chi connectivity index (χ3v) is 6.97. The minimum atomic E-state index is -3.58. The molecule has 1 fully saturated rings. The predicted molar refractivity (Wildman–Crippen MR) is 104 cm³/mol. The van der Waals surface area contributed by atoms with Gasteiger partial charge in [0.1, 0.15) is 5.75 Å². The summed E-state index contributed by atoms with van der Waals surface area (Å²) in [6.07, 6.45) is 0. The largest absolute Gasteiger partial charge is 0.497 e. The molecule has 1 amide bonds. The second-order valence-corrected chi connectivity index (χ2v) is 8.56. The van der Waals surface area contributed by atoms with Crippen LogP contribution in [-0.4, -0.2) is 56.8 Å². The molecule has 7 heteroatoms. The predicted octanol–water partition coefficient (Wildman–Crippen LogP) is 2.46. The molecule has 6 nitrogen and oxygen atoms in total. The number of hydrogen-bond acceptors (Lipinski definition) is 4. The van der Waals surface area contributed by atoms with E-state index in [1.807, 2.05) is 32.0 Å². The van der Waals surface area contributed by atoms with Crippen molar-refractivity contribution in [1.29, 1.82) is 0 Å². The number of benzene rings is 2. The summed E-state index contributed by atoms with van der Waals surface area (Å²) >= 11 is 0. The molecule has 1 aliphatic heterocycles. The molecule has 1 aliphatic rings. The average Bonchev–Trinajstić information content (AvgIpc) is 2.69. The molecular formula is C20H24N2O4S. The first-order valence-electron chi connectivity index (χ1n) is 8.84. The molecule has 0 aromatic heterocycles. The van der Waals surface area contributed by atoms with Gasteiger partial charge in [-0.25, -0.2) is 8.42 Å². The van der Waals surface area contributed by atoms with Crippen molar-refractivity contribution >= 4 is 15.9 Å². The number of amides is 1. The summed E-state index contributed by atoms with van der Waals surface area (Å²) in [5.41, 5.74) is 2.72. The quantitative estimate of drug-likeness (QED) is 0.807. The Labute approximate surface area is 160 Å². The van der Waals surface area contributed by atoms with Gasteiger partial charge in [0.2, 0.25) is 10.0 Å². The average molecular weight is 388 g/mol. The molecule has 1 heterocycles. The molecule has 0 spiro atoms. The van der Waals surface area contributed by atoms with Crippen LogP contribution in [0.5, 0.6) is 5.75 Å². The summed E-state index contributed by atoms with van der Waals surface area (Å²) in [5.74, 6) is 0.565. The van der Waals surface area contributed by atoms with Crippen molar-refractivity contribution in [1.82, 2.24) is 9.21 Å². The maximum atomic E-state index is 12.8. The van der Waals surface area contributed by atoms with Crippen molar-refractivity contribution in [3.63, 3.8) is 0 Å². The Hall–Kier alpha value is -2.38. The molecule has 0 unspecified atom stereocenters. The molecule has 144 valence electrons. The number of nitrogens with zero attached hydrogens (tertiary/aromatic N) is 2. The lowest BCUT2D eigenvalue weighted by atomic mass is 10.0. The smallest absolute Gasteiger partial charge is 0.254 e. The van der Waals surface area contributed by atoms with E-state index >= 15 is 0 Å². The van der Waals surface area contributed by atoms with E-state index in [2.05, 4.69) is 0 Å². The SMILES string of the molecule is COc1ccc(S(=O)(=O)N2CCN(C(=O)c3cccc(C)c3C)CC2)cc1. The molecule has 2 aromatic rings. The van der Waals surface area contributed by atoms with Crippen LogP contribution in [-0.2, 0) is 10.0 Å². The van der Waals surface area contributed by atoms with E-state index < -0.39 is 10.0 Å². The summed E-state index contributed by atoms with van der Waals surface area (Å²) < 4.78 is 32.1. The molecule has 0 bridgehead atoms. The Morgan fingerprint density at radius 3 is 2.19 bits per heavy atom. The van der Waals surface area contributed by atoms with Gasteiger partial charge in [-0.1, -0.05) is 12.1 Å². The second kappa shape index (κ2) is 7.70. The molecule has 1 saturated heterocycles. The first kappa shape index (κ1) is 19.4. The van der Waals surface area contributed by atoms with Gasteiger partial charge in [0.25, 0.3) is 5.91 Å². The van der Waals surface area contributed by atoms with Crippen LogP contribution in [0.2, 0.25) is 0 Å². The lowest BCUT2D eigenvalue weighted by Gasteiger charge is -2.34. The van der Waals surface area contributed by atoms with Gasteiger partial charge in [-0.15, -0.1) is 0 Å². The van der Waals surface area contributed by atoms with E-state index in [1.165, 1.54) is 11.4 Å². The molecule has 27 heavy (non-hydrogen) atoms. The summed E-state index contributed by atoms with van der Waals surface area (Å²) in [7, 11) is -2.04. The minimum absolute atomic E-state index is 0.0438. The molecule has 0 atom stereocenters. The maximum Gasteiger partial charge on any atom is 0.254 e. The summed E-state index contributed by atoms with van der Waals surface area (Å²) in [6.45, 7) is 5.23. The van der Waals surface area contributed by atoms with Crippen molar-refractivity contribution < 1.29 is 17.9 Å². The number of sulfonamides is 1. The van der Waals surface area contributed by atoms with Crippen LogP contribution in [0.15, 0.2) is 47.4 Å². The molecule has 0 N–H and O–H groups in total. The topological polar surface area (TPSA) is 66.9 Å². The second-order valence-electron chi connectivity index (χ2n) is 6.62. The Morgan fingerprint density at radius 1 is 0.963 bits per heavy atom. The van der Waals surface area contributed by atoms with Gasteiger partial charge >= 0.3 is 0 Å². The van der Waals surface area contributed by atoms with Crippen LogP contribution in [0.3, 0.4) is 0 Å². The van der Waals surface area contributed by atoms with Gasteiger partial charge in [0.15, 0.2) is 0 Å². The Kier molecular flexibility index (Phi) is 5.53. The fraction of sp³-hybridized carbons (Fsp3) is 0.350. The van der Waals surface area contributed by atoms with E-state index in [4.69, 9.17) is 4.74 Å². The molecule has 0 aliphatic carbocycles. The Morgan fingerprint density at radius 2 is 1.59 bits per heavy atom. The normalized spacial score (nSPS) is 15.6. The van der Waals surface area contributed by atoms with Crippen LogP contribution in [0.25, 0.3) is 0 Å². The van der Waals surface area contributed by atoms with Gasteiger partial charge < -0.3 is 9.64 Å².